The Labute approximate surface area is 217 Å². The first kappa shape index (κ1) is 27.4. The van der Waals surface area contributed by atoms with Gasteiger partial charge in [-0.05, 0) is 35.2 Å². The quantitative estimate of drug-likeness (QED) is 0.214. The van der Waals surface area contributed by atoms with Crippen LogP contribution in [0, 0.1) is 0 Å². The lowest BCUT2D eigenvalue weighted by molar-refractivity contribution is 0.122. The largest absolute Gasteiger partial charge is 0.493 e. The van der Waals surface area contributed by atoms with E-state index in [0.29, 0.717) is 23.7 Å². The maximum Gasteiger partial charge on any atom is 0.409 e. The zero-order valence-electron chi connectivity index (χ0n) is 21.3. The molecule has 2 amide bonds. The molecule has 0 aliphatic rings. The average molecular weight is 507 g/mol. The molecule has 0 aliphatic heterocycles. The van der Waals surface area contributed by atoms with Gasteiger partial charge in [0.05, 0.1) is 13.7 Å². The smallest absolute Gasteiger partial charge is 0.409 e. The summed E-state index contributed by atoms with van der Waals surface area (Å²) >= 11 is 0. The Bertz CT molecular complexity index is 1050. The van der Waals surface area contributed by atoms with Crippen molar-refractivity contribution in [2.75, 3.05) is 13.7 Å². The topological polar surface area (TPSA) is 95.1 Å². The van der Waals surface area contributed by atoms with E-state index in [4.69, 9.17) is 18.9 Å². The number of hydrogen-bond acceptors (Lipinski definition) is 6. The van der Waals surface area contributed by atoms with E-state index in [-0.39, 0.29) is 13.2 Å². The van der Waals surface area contributed by atoms with Crippen molar-refractivity contribution in [3.8, 4) is 11.5 Å². The van der Waals surface area contributed by atoms with Crippen molar-refractivity contribution in [3.63, 3.8) is 0 Å². The summed E-state index contributed by atoms with van der Waals surface area (Å²) in [7, 11) is 1.54. The summed E-state index contributed by atoms with van der Waals surface area (Å²) in [6.07, 6.45) is 0.779. The first-order valence-corrected chi connectivity index (χ1v) is 12.3. The van der Waals surface area contributed by atoms with Crippen LogP contribution >= 0.6 is 0 Å². The highest BCUT2D eigenvalue weighted by Crippen LogP contribution is 2.30. The van der Waals surface area contributed by atoms with Crippen molar-refractivity contribution in [2.45, 2.75) is 45.6 Å². The molecule has 3 rings (SSSR count). The van der Waals surface area contributed by atoms with Crippen LogP contribution in [0.15, 0.2) is 78.9 Å². The Morgan fingerprint density at radius 2 is 1.32 bits per heavy atom. The molecule has 0 saturated heterocycles. The van der Waals surface area contributed by atoms with E-state index < -0.39 is 18.4 Å². The predicted octanol–water partition coefficient (Wildman–Crippen LogP) is 6.12. The minimum atomic E-state index is -0.936. The number of rotatable bonds is 13. The molecular formula is C29H34N2O6. The monoisotopic (exact) mass is 506 g/mol. The van der Waals surface area contributed by atoms with Gasteiger partial charge in [0.1, 0.15) is 19.4 Å². The second-order valence-corrected chi connectivity index (χ2v) is 8.31. The van der Waals surface area contributed by atoms with Crippen LogP contribution in [-0.4, -0.2) is 25.9 Å². The lowest BCUT2D eigenvalue weighted by Gasteiger charge is -2.21. The number of hydrogen-bond donors (Lipinski definition) is 2. The van der Waals surface area contributed by atoms with Crippen molar-refractivity contribution in [1.82, 2.24) is 10.6 Å². The molecule has 3 aromatic rings. The fraction of sp³-hybridized carbons (Fsp3) is 0.310. The van der Waals surface area contributed by atoms with E-state index >= 15 is 0 Å². The summed E-state index contributed by atoms with van der Waals surface area (Å²) in [4.78, 5) is 25.2. The zero-order chi connectivity index (χ0) is 26.3. The molecule has 3 aromatic carbocycles. The molecule has 196 valence electrons. The van der Waals surface area contributed by atoms with Crippen molar-refractivity contribution >= 4 is 12.2 Å². The molecule has 0 fully saturated rings. The van der Waals surface area contributed by atoms with Crippen LogP contribution in [0.5, 0.6) is 11.5 Å². The van der Waals surface area contributed by atoms with Crippen LogP contribution in [0.1, 0.15) is 49.0 Å². The first-order chi connectivity index (χ1) is 18.1. The highest BCUT2D eigenvalue weighted by atomic mass is 16.6. The van der Waals surface area contributed by atoms with Crippen LogP contribution in [-0.2, 0) is 22.7 Å². The van der Waals surface area contributed by atoms with Crippen LogP contribution < -0.4 is 20.1 Å². The maximum atomic E-state index is 12.6. The number of carbonyl (C=O) groups excluding carboxylic acids is 2. The molecule has 0 saturated carbocycles. The Kier molecular flexibility index (Phi) is 11.1. The van der Waals surface area contributed by atoms with Crippen molar-refractivity contribution in [3.05, 3.63) is 95.6 Å². The molecule has 37 heavy (non-hydrogen) atoms. The van der Waals surface area contributed by atoms with Gasteiger partial charge in [-0.25, -0.2) is 9.59 Å². The maximum absolute atomic E-state index is 12.6. The van der Waals surface area contributed by atoms with Crippen LogP contribution in [0.2, 0.25) is 0 Å². The lowest BCUT2D eigenvalue weighted by atomic mass is 10.1. The number of benzene rings is 3. The molecule has 0 heterocycles. The third-order valence-corrected chi connectivity index (χ3v) is 5.48. The Morgan fingerprint density at radius 3 is 1.84 bits per heavy atom. The van der Waals surface area contributed by atoms with Crippen LogP contribution in [0.25, 0.3) is 0 Å². The summed E-state index contributed by atoms with van der Waals surface area (Å²) in [5.41, 5.74) is 2.25. The summed E-state index contributed by atoms with van der Waals surface area (Å²) in [6, 6.07) is 23.8. The van der Waals surface area contributed by atoms with Gasteiger partial charge in [-0.2, -0.15) is 0 Å². The average Bonchev–Trinajstić information content (AvgIpc) is 2.94. The Balaban J connectivity index is 1.69. The van der Waals surface area contributed by atoms with Gasteiger partial charge in [0.2, 0.25) is 0 Å². The molecule has 0 aromatic heterocycles. The van der Waals surface area contributed by atoms with Gasteiger partial charge in [0.25, 0.3) is 0 Å². The minimum Gasteiger partial charge on any atom is -0.493 e. The molecule has 0 aliphatic carbocycles. The first-order valence-electron chi connectivity index (χ1n) is 12.3. The Morgan fingerprint density at radius 1 is 0.757 bits per heavy atom. The highest BCUT2D eigenvalue weighted by molar-refractivity contribution is 5.71. The third kappa shape index (κ3) is 9.40. The highest BCUT2D eigenvalue weighted by Gasteiger charge is 2.21. The van der Waals surface area contributed by atoms with E-state index in [0.717, 1.165) is 30.4 Å². The van der Waals surface area contributed by atoms with Gasteiger partial charge in [-0.3, -0.25) is 10.6 Å². The van der Waals surface area contributed by atoms with E-state index in [1.165, 1.54) is 7.11 Å². The normalized spacial score (nSPS) is 10.5. The fourth-order valence-electron chi connectivity index (χ4n) is 3.49. The number of amides is 2. The van der Waals surface area contributed by atoms with E-state index in [1.54, 1.807) is 18.2 Å². The molecule has 0 atom stereocenters. The lowest BCUT2D eigenvalue weighted by Crippen LogP contribution is -2.41. The van der Waals surface area contributed by atoms with Gasteiger partial charge < -0.3 is 18.9 Å². The van der Waals surface area contributed by atoms with Crippen molar-refractivity contribution < 1.29 is 28.5 Å². The van der Waals surface area contributed by atoms with E-state index in [2.05, 4.69) is 17.6 Å². The summed E-state index contributed by atoms with van der Waals surface area (Å²) < 4.78 is 22.1. The van der Waals surface area contributed by atoms with Gasteiger partial charge in [-0.1, -0.05) is 86.5 Å². The fourth-order valence-corrected chi connectivity index (χ4v) is 3.49. The molecule has 0 bridgehead atoms. The molecule has 0 radical (unpaired) electrons. The molecule has 0 spiro atoms. The SMILES string of the molecule is CCCCCOc1ccc(C(NC(=O)OCc2ccccc2)NC(=O)OCc2ccccc2)cc1OC. The number of unbranched alkanes of at least 4 members (excludes halogenated alkanes) is 2. The standard InChI is InChI=1S/C29H34N2O6/c1-3-4-11-18-35-25-17-16-24(19-26(25)34-2)27(30-28(32)36-20-22-12-7-5-8-13-22)31-29(33)37-21-23-14-9-6-10-15-23/h5-10,12-17,19,27H,3-4,11,18,20-21H2,1-2H3,(H,30,32)(H,31,33). The molecule has 0 unspecified atom stereocenters. The van der Waals surface area contributed by atoms with Crippen molar-refractivity contribution in [1.29, 1.82) is 0 Å². The summed E-state index contributed by atoms with van der Waals surface area (Å²) in [5.74, 6) is 1.07. The van der Waals surface area contributed by atoms with Crippen LogP contribution in [0.4, 0.5) is 9.59 Å². The van der Waals surface area contributed by atoms with E-state index in [9.17, 15) is 9.59 Å². The number of alkyl carbamates (subject to hydrolysis) is 2. The predicted molar refractivity (Wildman–Crippen MR) is 140 cm³/mol. The van der Waals surface area contributed by atoms with Gasteiger partial charge in [0, 0.05) is 0 Å². The summed E-state index contributed by atoms with van der Waals surface area (Å²) in [6.45, 7) is 2.88. The van der Waals surface area contributed by atoms with Gasteiger partial charge in [0.15, 0.2) is 11.5 Å². The van der Waals surface area contributed by atoms with Crippen molar-refractivity contribution in [2.24, 2.45) is 0 Å². The van der Waals surface area contributed by atoms with E-state index in [1.807, 2.05) is 60.7 Å². The Hall–Kier alpha value is -4.20. The zero-order valence-corrected chi connectivity index (χ0v) is 21.3. The minimum absolute atomic E-state index is 0.0890. The van der Waals surface area contributed by atoms with Crippen LogP contribution in [0.3, 0.4) is 0 Å². The number of nitrogens with one attached hydrogen (secondary N) is 2. The number of methoxy groups -OCH3 is 1. The number of carbonyl (C=O) groups is 2. The van der Waals surface area contributed by atoms with Gasteiger partial charge >= 0.3 is 12.2 Å². The molecular weight excluding hydrogens is 472 g/mol. The molecule has 8 nitrogen and oxygen atoms in total. The second-order valence-electron chi connectivity index (χ2n) is 8.31. The molecule has 2 N–H and O–H groups in total. The second kappa shape index (κ2) is 15.0. The third-order valence-electron chi connectivity index (χ3n) is 5.48. The number of ether oxygens (including phenoxy) is 4. The van der Waals surface area contributed by atoms with Gasteiger partial charge in [-0.15, -0.1) is 0 Å². The summed E-state index contributed by atoms with van der Waals surface area (Å²) in [5, 5.41) is 5.39. The molecule has 8 heteroatoms.